The fraction of sp³-hybridized carbons (Fsp3) is 0.316. The Morgan fingerprint density at radius 1 is 1.17 bits per heavy atom. The molecule has 2 aromatic carbocycles. The van der Waals surface area contributed by atoms with Gasteiger partial charge >= 0.3 is 6.18 Å². The number of amides is 1. The quantitative estimate of drug-likeness (QED) is 0.658. The molecule has 0 saturated heterocycles. The summed E-state index contributed by atoms with van der Waals surface area (Å²) in [6.45, 7) is 1.84. The van der Waals surface area contributed by atoms with Crippen LogP contribution in [0.2, 0.25) is 5.02 Å². The van der Waals surface area contributed by atoms with Crippen molar-refractivity contribution in [2.45, 2.75) is 25.9 Å². The van der Waals surface area contributed by atoms with Gasteiger partial charge in [-0.05, 0) is 49.2 Å². The first-order valence-electron chi connectivity index (χ1n) is 8.59. The van der Waals surface area contributed by atoms with E-state index in [2.05, 4.69) is 5.32 Å². The highest BCUT2D eigenvalue weighted by Crippen LogP contribution is 2.36. The molecular weight excluding hydrogens is 429 g/mol. The second-order valence-corrected chi connectivity index (χ2v) is 8.86. The molecule has 0 heterocycles. The van der Waals surface area contributed by atoms with Crippen molar-refractivity contribution < 1.29 is 26.4 Å². The monoisotopic (exact) mass is 448 g/mol. The predicted molar refractivity (Wildman–Crippen MR) is 108 cm³/mol. The minimum absolute atomic E-state index is 0.0163. The normalized spacial score (nSPS) is 11.9. The predicted octanol–water partition coefficient (Wildman–Crippen LogP) is 4.85. The van der Waals surface area contributed by atoms with E-state index in [1.165, 1.54) is 6.07 Å². The maximum absolute atomic E-state index is 13.1. The first-order valence-corrected chi connectivity index (χ1v) is 10.8. The van der Waals surface area contributed by atoms with E-state index in [1.54, 1.807) is 18.2 Å². The van der Waals surface area contributed by atoms with Crippen LogP contribution in [0.15, 0.2) is 42.5 Å². The number of carbonyl (C=O) groups is 1. The third-order valence-electron chi connectivity index (χ3n) is 4.02. The molecule has 0 aliphatic heterocycles. The SMILES string of the molecule is Cc1cccc(N(CCCC(=O)Nc2ccc(Cl)cc2C(F)(F)F)S(C)(=O)=O)c1. The van der Waals surface area contributed by atoms with E-state index in [4.69, 9.17) is 11.6 Å². The molecule has 0 aliphatic carbocycles. The lowest BCUT2D eigenvalue weighted by Crippen LogP contribution is -2.31. The fourth-order valence-electron chi connectivity index (χ4n) is 2.73. The molecule has 0 unspecified atom stereocenters. The number of rotatable bonds is 7. The number of alkyl halides is 3. The van der Waals surface area contributed by atoms with Gasteiger partial charge in [-0.1, -0.05) is 23.7 Å². The minimum Gasteiger partial charge on any atom is -0.326 e. The zero-order valence-corrected chi connectivity index (χ0v) is 17.3. The van der Waals surface area contributed by atoms with Crippen molar-refractivity contribution in [1.82, 2.24) is 0 Å². The Labute approximate surface area is 172 Å². The summed E-state index contributed by atoms with van der Waals surface area (Å²) in [5, 5.41) is 2.12. The Bertz CT molecular complexity index is 994. The lowest BCUT2D eigenvalue weighted by molar-refractivity contribution is -0.137. The number of anilines is 2. The van der Waals surface area contributed by atoms with Gasteiger partial charge in [-0.2, -0.15) is 13.2 Å². The van der Waals surface area contributed by atoms with Crippen LogP contribution < -0.4 is 9.62 Å². The molecule has 10 heteroatoms. The molecule has 0 radical (unpaired) electrons. The molecular formula is C19H20ClF3N2O3S. The molecule has 5 nitrogen and oxygen atoms in total. The first kappa shape index (κ1) is 23.0. The molecule has 1 N–H and O–H groups in total. The van der Waals surface area contributed by atoms with Crippen molar-refractivity contribution in [3.8, 4) is 0 Å². The number of hydrogen-bond acceptors (Lipinski definition) is 3. The number of benzene rings is 2. The highest BCUT2D eigenvalue weighted by Gasteiger charge is 2.34. The Kier molecular flexibility index (Phi) is 7.18. The summed E-state index contributed by atoms with van der Waals surface area (Å²) in [6, 6.07) is 9.94. The maximum atomic E-state index is 13.1. The highest BCUT2D eigenvalue weighted by atomic mass is 35.5. The van der Waals surface area contributed by atoms with E-state index in [0.29, 0.717) is 5.69 Å². The van der Waals surface area contributed by atoms with Gasteiger partial charge in [-0.25, -0.2) is 8.42 Å². The summed E-state index contributed by atoms with van der Waals surface area (Å²) in [5.74, 6) is -0.657. The van der Waals surface area contributed by atoms with Gasteiger partial charge in [0.25, 0.3) is 0 Å². The van der Waals surface area contributed by atoms with E-state index in [-0.39, 0.29) is 24.4 Å². The van der Waals surface area contributed by atoms with Crippen LogP contribution in [0.1, 0.15) is 24.0 Å². The van der Waals surface area contributed by atoms with E-state index in [1.807, 2.05) is 13.0 Å². The molecule has 29 heavy (non-hydrogen) atoms. The molecule has 158 valence electrons. The van der Waals surface area contributed by atoms with E-state index >= 15 is 0 Å². The molecule has 2 aromatic rings. The fourth-order valence-corrected chi connectivity index (χ4v) is 3.85. The van der Waals surface area contributed by atoms with Crippen LogP contribution in [0.5, 0.6) is 0 Å². The van der Waals surface area contributed by atoms with Crippen molar-refractivity contribution in [3.63, 3.8) is 0 Å². The summed E-state index contributed by atoms with van der Waals surface area (Å²) in [6.07, 6.45) is -3.65. The molecule has 0 fully saturated rings. The number of carbonyl (C=O) groups excluding carboxylic acids is 1. The molecule has 0 spiro atoms. The highest BCUT2D eigenvalue weighted by molar-refractivity contribution is 7.92. The van der Waals surface area contributed by atoms with E-state index < -0.39 is 33.4 Å². The summed E-state index contributed by atoms with van der Waals surface area (Å²) in [4.78, 5) is 12.1. The Hall–Kier alpha value is -2.26. The van der Waals surface area contributed by atoms with Gasteiger partial charge in [0.15, 0.2) is 0 Å². The van der Waals surface area contributed by atoms with Crippen molar-refractivity contribution >= 4 is 38.9 Å². The number of nitrogens with one attached hydrogen (secondary N) is 1. The molecule has 0 bridgehead atoms. The van der Waals surface area contributed by atoms with Gasteiger partial charge in [0.1, 0.15) is 0 Å². The third-order valence-corrected chi connectivity index (χ3v) is 5.45. The molecule has 0 aliphatic rings. The summed E-state index contributed by atoms with van der Waals surface area (Å²) >= 11 is 5.61. The second-order valence-electron chi connectivity index (χ2n) is 6.51. The lowest BCUT2D eigenvalue weighted by atomic mass is 10.1. The summed E-state index contributed by atoms with van der Waals surface area (Å²) in [7, 11) is -3.58. The number of halogens is 4. The van der Waals surface area contributed by atoms with Crippen LogP contribution in [-0.2, 0) is 21.0 Å². The van der Waals surface area contributed by atoms with E-state index in [0.717, 1.165) is 28.3 Å². The van der Waals surface area contributed by atoms with Gasteiger partial charge in [0.05, 0.1) is 23.2 Å². The Morgan fingerprint density at radius 2 is 1.86 bits per heavy atom. The Morgan fingerprint density at radius 3 is 2.45 bits per heavy atom. The zero-order valence-electron chi connectivity index (χ0n) is 15.8. The Balaban J connectivity index is 2.06. The standard InChI is InChI=1S/C19H20ClF3N2O3S/c1-13-5-3-6-15(11-13)25(29(2,27)28)10-4-7-18(26)24-17-9-8-14(20)12-16(17)19(21,22)23/h3,5-6,8-9,11-12H,4,7,10H2,1-2H3,(H,24,26). The van der Waals surface area contributed by atoms with Gasteiger partial charge in [-0.3, -0.25) is 9.10 Å². The number of sulfonamides is 1. The number of hydrogen-bond donors (Lipinski definition) is 1. The molecule has 2 rings (SSSR count). The van der Waals surface area contributed by atoms with Gasteiger partial charge in [-0.15, -0.1) is 0 Å². The van der Waals surface area contributed by atoms with E-state index in [9.17, 15) is 26.4 Å². The van der Waals surface area contributed by atoms with Crippen LogP contribution in [-0.4, -0.2) is 27.1 Å². The van der Waals surface area contributed by atoms with Crippen molar-refractivity contribution in [2.24, 2.45) is 0 Å². The lowest BCUT2D eigenvalue weighted by Gasteiger charge is -2.22. The first-order chi connectivity index (χ1) is 13.4. The largest absolute Gasteiger partial charge is 0.418 e. The smallest absolute Gasteiger partial charge is 0.326 e. The van der Waals surface area contributed by atoms with Crippen LogP contribution in [0.3, 0.4) is 0 Å². The third kappa shape index (κ3) is 6.64. The molecule has 0 saturated carbocycles. The van der Waals surface area contributed by atoms with Crippen LogP contribution in [0.4, 0.5) is 24.5 Å². The second kappa shape index (κ2) is 9.04. The number of aryl methyl sites for hydroxylation is 1. The average molecular weight is 449 g/mol. The average Bonchev–Trinajstić information content (AvgIpc) is 2.58. The van der Waals surface area contributed by atoms with Crippen LogP contribution >= 0.6 is 11.6 Å². The number of nitrogens with zero attached hydrogens (tertiary/aromatic N) is 1. The maximum Gasteiger partial charge on any atom is 0.418 e. The molecule has 1 amide bonds. The summed E-state index contributed by atoms with van der Waals surface area (Å²) < 4.78 is 64.6. The van der Waals surface area contributed by atoms with Crippen LogP contribution in [0, 0.1) is 6.92 Å². The minimum atomic E-state index is -4.67. The molecule has 0 atom stereocenters. The topological polar surface area (TPSA) is 66.5 Å². The summed E-state index contributed by atoms with van der Waals surface area (Å²) in [5.41, 5.74) is -0.109. The van der Waals surface area contributed by atoms with Gasteiger partial charge in [0.2, 0.25) is 15.9 Å². The van der Waals surface area contributed by atoms with Crippen LogP contribution in [0.25, 0.3) is 0 Å². The van der Waals surface area contributed by atoms with Crippen molar-refractivity contribution in [1.29, 1.82) is 0 Å². The van der Waals surface area contributed by atoms with Crippen molar-refractivity contribution in [3.05, 3.63) is 58.6 Å². The van der Waals surface area contributed by atoms with Crippen molar-refractivity contribution in [2.75, 3.05) is 22.4 Å². The van der Waals surface area contributed by atoms with Gasteiger partial charge in [0, 0.05) is 18.0 Å². The van der Waals surface area contributed by atoms with Gasteiger partial charge < -0.3 is 5.32 Å². The zero-order chi connectivity index (χ0) is 21.8. The molecule has 0 aromatic heterocycles.